The van der Waals surface area contributed by atoms with Crippen molar-refractivity contribution in [2.45, 2.75) is 52.1 Å². The highest BCUT2D eigenvalue weighted by Gasteiger charge is 2.34. The van der Waals surface area contributed by atoms with E-state index in [4.69, 9.17) is 4.74 Å². The number of rotatable bonds is 8. The Morgan fingerprint density at radius 3 is 2.25 bits per heavy atom. The Bertz CT molecular complexity index is 375. The largest absolute Gasteiger partial charge is 0.393 e. The predicted molar refractivity (Wildman–Crippen MR) is 78.2 cm³/mol. The molecule has 0 saturated heterocycles. The molecule has 1 unspecified atom stereocenters. The van der Waals surface area contributed by atoms with Crippen molar-refractivity contribution in [2.75, 3.05) is 6.61 Å². The van der Waals surface area contributed by atoms with E-state index in [9.17, 15) is 15.3 Å². The van der Waals surface area contributed by atoms with E-state index < -0.39 is 23.7 Å². The Kier molecular flexibility index (Phi) is 6.62. The van der Waals surface area contributed by atoms with Crippen molar-refractivity contribution in [1.29, 1.82) is 0 Å². The lowest BCUT2D eigenvalue weighted by atomic mass is 9.79. The average Bonchev–Trinajstić information content (AvgIpc) is 2.37. The topological polar surface area (TPSA) is 69.9 Å². The van der Waals surface area contributed by atoms with E-state index >= 15 is 0 Å². The van der Waals surface area contributed by atoms with Crippen LogP contribution in [0, 0.1) is 5.41 Å². The highest BCUT2D eigenvalue weighted by molar-refractivity contribution is 5.13. The third-order valence-electron chi connectivity index (χ3n) is 3.39. The van der Waals surface area contributed by atoms with Crippen LogP contribution in [0.5, 0.6) is 0 Å². The maximum atomic E-state index is 10.2. The molecule has 0 bridgehead atoms. The summed E-state index contributed by atoms with van der Waals surface area (Å²) in [5.41, 5.74) is 0.460. The lowest BCUT2D eigenvalue weighted by Gasteiger charge is -2.34. The number of aliphatic hydroxyl groups excluding tert-OH is 3. The monoisotopic (exact) mass is 282 g/mol. The highest BCUT2D eigenvalue weighted by Crippen LogP contribution is 2.29. The number of aliphatic hydroxyl groups is 3. The van der Waals surface area contributed by atoms with Crippen LogP contribution >= 0.6 is 0 Å². The first-order chi connectivity index (χ1) is 9.33. The molecule has 0 fully saturated rings. The highest BCUT2D eigenvalue weighted by atomic mass is 16.5. The number of benzene rings is 1. The van der Waals surface area contributed by atoms with Gasteiger partial charge in [0.1, 0.15) is 6.10 Å². The molecule has 0 aliphatic heterocycles. The molecule has 3 atom stereocenters. The summed E-state index contributed by atoms with van der Waals surface area (Å²) in [4.78, 5) is 0. The van der Waals surface area contributed by atoms with E-state index in [1.807, 2.05) is 44.2 Å². The molecule has 1 rings (SSSR count). The number of ether oxygens (including phenoxy) is 1. The second-order valence-corrected chi connectivity index (χ2v) is 6.05. The van der Waals surface area contributed by atoms with Crippen molar-refractivity contribution >= 4 is 0 Å². The van der Waals surface area contributed by atoms with Gasteiger partial charge in [0, 0.05) is 0 Å². The zero-order valence-corrected chi connectivity index (χ0v) is 12.5. The predicted octanol–water partition coefficient (Wildman–Crippen LogP) is 1.72. The quantitative estimate of drug-likeness (QED) is 0.679. The number of hydrogen-bond acceptors (Lipinski definition) is 4. The van der Waals surface area contributed by atoms with Crippen LogP contribution in [0.4, 0.5) is 0 Å². The molecule has 3 N–H and O–H groups in total. The molecule has 0 radical (unpaired) electrons. The van der Waals surface area contributed by atoms with Crippen molar-refractivity contribution in [2.24, 2.45) is 5.41 Å². The first-order valence-electron chi connectivity index (χ1n) is 6.99. The van der Waals surface area contributed by atoms with Crippen molar-refractivity contribution in [3.8, 4) is 0 Å². The minimum Gasteiger partial charge on any atom is -0.393 e. The summed E-state index contributed by atoms with van der Waals surface area (Å²) in [7, 11) is 0. The van der Waals surface area contributed by atoms with Crippen LogP contribution in [0.1, 0.15) is 32.8 Å². The second kappa shape index (κ2) is 7.74. The summed E-state index contributed by atoms with van der Waals surface area (Å²) >= 11 is 0. The summed E-state index contributed by atoms with van der Waals surface area (Å²) in [6.45, 7) is 5.79. The van der Waals surface area contributed by atoms with Crippen molar-refractivity contribution in [1.82, 2.24) is 0 Å². The fraction of sp³-hybridized carbons (Fsp3) is 0.625. The summed E-state index contributed by atoms with van der Waals surface area (Å²) < 4.78 is 5.43. The Hall–Kier alpha value is -0.940. The van der Waals surface area contributed by atoms with Gasteiger partial charge >= 0.3 is 0 Å². The fourth-order valence-corrected chi connectivity index (χ4v) is 2.37. The van der Waals surface area contributed by atoms with E-state index in [1.165, 1.54) is 0 Å². The molecule has 0 aliphatic rings. The molecule has 114 valence electrons. The SMILES string of the molecule is CC(O)CC(C)(C)[C@H](O)[C@@H](O)COCc1ccccc1. The summed E-state index contributed by atoms with van der Waals surface area (Å²) in [5.74, 6) is 0. The van der Waals surface area contributed by atoms with E-state index in [-0.39, 0.29) is 6.61 Å². The first-order valence-corrected chi connectivity index (χ1v) is 6.99. The van der Waals surface area contributed by atoms with Crippen LogP contribution in [0.2, 0.25) is 0 Å². The molecular weight excluding hydrogens is 256 g/mol. The third-order valence-corrected chi connectivity index (χ3v) is 3.39. The smallest absolute Gasteiger partial charge is 0.104 e. The van der Waals surface area contributed by atoms with E-state index in [0.29, 0.717) is 13.0 Å². The molecule has 0 aliphatic carbocycles. The molecule has 4 nitrogen and oxygen atoms in total. The first kappa shape index (κ1) is 17.1. The molecule has 0 heterocycles. The minimum absolute atomic E-state index is 0.0688. The maximum Gasteiger partial charge on any atom is 0.104 e. The standard InChI is InChI=1S/C16H26O4/c1-12(17)9-16(2,3)15(19)14(18)11-20-10-13-7-5-4-6-8-13/h4-8,12,14-15,17-19H,9-11H2,1-3H3/t12?,14-,15+/m0/s1. The van der Waals surface area contributed by atoms with Crippen LogP contribution < -0.4 is 0 Å². The average molecular weight is 282 g/mol. The van der Waals surface area contributed by atoms with Gasteiger partial charge in [-0.3, -0.25) is 0 Å². The Balaban J connectivity index is 2.40. The summed E-state index contributed by atoms with van der Waals surface area (Å²) in [6, 6.07) is 9.67. The Labute approximate surface area is 121 Å². The van der Waals surface area contributed by atoms with Gasteiger partial charge in [0.05, 0.1) is 25.4 Å². The summed E-state index contributed by atoms with van der Waals surface area (Å²) in [6.07, 6.45) is -2.00. The molecule has 0 amide bonds. The lowest BCUT2D eigenvalue weighted by Crippen LogP contribution is -2.43. The van der Waals surface area contributed by atoms with Crippen LogP contribution in [0.3, 0.4) is 0 Å². The van der Waals surface area contributed by atoms with Crippen molar-refractivity contribution < 1.29 is 20.1 Å². The van der Waals surface area contributed by atoms with Gasteiger partial charge in [-0.05, 0) is 24.3 Å². The molecular formula is C16H26O4. The zero-order chi connectivity index (χ0) is 15.2. The van der Waals surface area contributed by atoms with Gasteiger partial charge in [0.2, 0.25) is 0 Å². The van der Waals surface area contributed by atoms with E-state index in [1.54, 1.807) is 6.92 Å². The lowest BCUT2D eigenvalue weighted by molar-refractivity contribution is -0.0967. The van der Waals surface area contributed by atoms with Crippen LogP contribution in [0.15, 0.2) is 30.3 Å². The number of hydrogen-bond donors (Lipinski definition) is 3. The van der Waals surface area contributed by atoms with Gasteiger partial charge < -0.3 is 20.1 Å². The molecule has 1 aromatic rings. The van der Waals surface area contributed by atoms with Gasteiger partial charge in [-0.25, -0.2) is 0 Å². The molecule has 0 saturated carbocycles. The van der Waals surface area contributed by atoms with E-state index in [0.717, 1.165) is 5.56 Å². The zero-order valence-electron chi connectivity index (χ0n) is 12.5. The minimum atomic E-state index is -0.965. The van der Waals surface area contributed by atoms with Gasteiger partial charge in [-0.15, -0.1) is 0 Å². The fourth-order valence-electron chi connectivity index (χ4n) is 2.37. The van der Waals surface area contributed by atoms with Gasteiger partial charge in [0.15, 0.2) is 0 Å². The van der Waals surface area contributed by atoms with E-state index in [2.05, 4.69) is 0 Å². The second-order valence-electron chi connectivity index (χ2n) is 6.05. The van der Waals surface area contributed by atoms with Crippen molar-refractivity contribution in [3.05, 3.63) is 35.9 Å². The molecule has 0 spiro atoms. The Morgan fingerprint density at radius 1 is 1.10 bits per heavy atom. The van der Waals surface area contributed by atoms with Crippen molar-refractivity contribution in [3.63, 3.8) is 0 Å². The Morgan fingerprint density at radius 2 is 1.70 bits per heavy atom. The van der Waals surface area contributed by atoms with Crippen LogP contribution in [-0.2, 0) is 11.3 Å². The summed E-state index contributed by atoms with van der Waals surface area (Å²) in [5, 5.41) is 29.6. The van der Waals surface area contributed by atoms with Gasteiger partial charge in [0.25, 0.3) is 0 Å². The van der Waals surface area contributed by atoms with Gasteiger partial charge in [-0.2, -0.15) is 0 Å². The van der Waals surface area contributed by atoms with Crippen LogP contribution in [0.25, 0.3) is 0 Å². The normalized spacial score (nSPS) is 16.7. The molecule has 1 aromatic carbocycles. The third kappa shape index (κ3) is 5.59. The molecule has 20 heavy (non-hydrogen) atoms. The van der Waals surface area contributed by atoms with Gasteiger partial charge in [-0.1, -0.05) is 44.2 Å². The molecule has 4 heteroatoms. The van der Waals surface area contributed by atoms with Crippen LogP contribution in [-0.4, -0.2) is 40.2 Å². The molecule has 0 aromatic heterocycles. The maximum absolute atomic E-state index is 10.2.